The molecule has 33 heavy (non-hydrogen) atoms. The summed E-state index contributed by atoms with van der Waals surface area (Å²) in [4.78, 5) is 13.8. The van der Waals surface area contributed by atoms with Crippen molar-refractivity contribution in [2.75, 3.05) is 13.7 Å². The highest BCUT2D eigenvalue weighted by Crippen LogP contribution is 2.35. The van der Waals surface area contributed by atoms with Crippen LogP contribution in [0.3, 0.4) is 0 Å². The SMILES string of the molecule is CCOc1ccc(-c2nc(CSc3ncnc4c3cnn4-c3ccccc3)cs2)cc1OC. The highest BCUT2D eigenvalue weighted by atomic mass is 32.2. The molecule has 3 heterocycles. The number of ether oxygens (including phenoxy) is 2. The van der Waals surface area contributed by atoms with E-state index in [0.717, 1.165) is 43.8 Å². The predicted octanol–water partition coefficient (Wildman–Crippen LogP) is 5.64. The zero-order chi connectivity index (χ0) is 22.6. The number of thiazole rings is 1. The fourth-order valence-corrected chi connectivity index (χ4v) is 5.20. The van der Waals surface area contributed by atoms with Gasteiger partial charge in [-0.15, -0.1) is 11.3 Å². The summed E-state index contributed by atoms with van der Waals surface area (Å²) in [5, 5.41) is 9.37. The van der Waals surface area contributed by atoms with Gasteiger partial charge in [-0.3, -0.25) is 0 Å². The minimum absolute atomic E-state index is 0.592. The Hall–Kier alpha value is -3.43. The van der Waals surface area contributed by atoms with Gasteiger partial charge in [-0.2, -0.15) is 5.10 Å². The van der Waals surface area contributed by atoms with E-state index in [1.165, 1.54) is 0 Å². The molecule has 5 rings (SSSR count). The summed E-state index contributed by atoms with van der Waals surface area (Å²) in [5.74, 6) is 2.15. The lowest BCUT2D eigenvalue weighted by atomic mass is 10.2. The van der Waals surface area contributed by atoms with Crippen LogP contribution in [0.2, 0.25) is 0 Å². The molecule has 0 unspecified atom stereocenters. The number of hydrogen-bond acceptors (Lipinski definition) is 8. The minimum Gasteiger partial charge on any atom is -0.493 e. The van der Waals surface area contributed by atoms with E-state index in [1.54, 1.807) is 36.5 Å². The van der Waals surface area contributed by atoms with E-state index in [0.29, 0.717) is 18.1 Å². The predicted molar refractivity (Wildman–Crippen MR) is 131 cm³/mol. The van der Waals surface area contributed by atoms with Crippen molar-refractivity contribution < 1.29 is 9.47 Å². The topological polar surface area (TPSA) is 75.0 Å². The smallest absolute Gasteiger partial charge is 0.167 e. The summed E-state index contributed by atoms with van der Waals surface area (Å²) < 4.78 is 12.9. The Morgan fingerprint density at radius 1 is 1.06 bits per heavy atom. The van der Waals surface area contributed by atoms with Crippen molar-refractivity contribution in [1.82, 2.24) is 24.7 Å². The van der Waals surface area contributed by atoms with E-state index in [-0.39, 0.29) is 0 Å². The van der Waals surface area contributed by atoms with Crippen molar-refractivity contribution in [2.24, 2.45) is 0 Å². The third-order valence-electron chi connectivity index (χ3n) is 4.95. The molecule has 0 amide bonds. The van der Waals surface area contributed by atoms with Crippen LogP contribution in [0, 0.1) is 0 Å². The highest BCUT2D eigenvalue weighted by molar-refractivity contribution is 7.98. The van der Waals surface area contributed by atoms with Gasteiger partial charge in [0.25, 0.3) is 0 Å². The van der Waals surface area contributed by atoms with Gasteiger partial charge < -0.3 is 9.47 Å². The molecule has 0 saturated heterocycles. The first-order valence-corrected chi connectivity index (χ1v) is 12.3. The molecule has 166 valence electrons. The molecule has 0 saturated carbocycles. The number of hydrogen-bond donors (Lipinski definition) is 0. The molecule has 3 aromatic heterocycles. The van der Waals surface area contributed by atoms with Crippen LogP contribution in [0.4, 0.5) is 0 Å². The number of fused-ring (bicyclic) bond motifs is 1. The van der Waals surface area contributed by atoms with Crippen LogP contribution in [0.1, 0.15) is 12.6 Å². The summed E-state index contributed by atoms with van der Waals surface area (Å²) in [5.41, 5.74) is 3.76. The number of benzene rings is 2. The minimum atomic E-state index is 0.592. The number of methoxy groups -OCH3 is 1. The van der Waals surface area contributed by atoms with Crippen LogP contribution < -0.4 is 9.47 Å². The molecule has 0 radical (unpaired) electrons. The summed E-state index contributed by atoms with van der Waals surface area (Å²) in [7, 11) is 1.65. The van der Waals surface area contributed by atoms with E-state index in [9.17, 15) is 0 Å². The monoisotopic (exact) mass is 475 g/mol. The van der Waals surface area contributed by atoms with Crippen molar-refractivity contribution >= 4 is 34.1 Å². The molecular weight excluding hydrogens is 454 g/mol. The molecule has 0 fully saturated rings. The molecule has 0 aliphatic carbocycles. The molecule has 5 aromatic rings. The lowest BCUT2D eigenvalue weighted by Crippen LogP contribution is -1.97. The molecule has 0 aliphatic rings. The molecule has 0 aliphatic heterocycles. The van der Waals surface area contributed by atoms with Crippen molar-refractivity contribution in [3.8, 4) is 27.8 Å². The first-order valence-electron chi connectivity index (χ1n) is 10.4. The van der Waals surface area contributed by atoms with Crippen molar-refractivity contribution in [3.63, 3.8) is 0 Å². The normalized spacial score (nSPS) is 11.1. The molecular formula is C24H21N5O2S2. The third kappa shape index (κ3) is 4.42. The number of rotatable bonds is 8. The lowest BCUT2D eigenvalue weighted by Gasteiger charge is -2.09. The van der Waals surface area contributed by atoms with Crippen LogP contribution in [-0.2, 0) is 5.75 Å². The van der Waals surface area contributed by atoms with Crippen molar-refractivity contribution in [1.29, 1.82) is 0 Å². The summed E-state index contributed by atoms with van der Waals surface area (Å²) in [6.07, 6.45) is 3.41. The Morgan fingerprint density at radius 3 is 2.76 bits per heavy atom. The molecule has 0 bridgehead atoms. The van der Waals surface area contributed by atoms with E-state index < -0.39 is 0 Å². The van der Waals surface area contributed by atoms with Crippen LogP contribution in [-0.4, -0.2) is 38.4 Å². The maximum absolute atomic E-state index is 5.61. The number of aromatic nitrogens is 5. The molecule has 0 spiro atoms. The Morgan fingerprint density at radius 2 is 1.94 bits per heavy atom. The number of nitrogens with zero attached hydrogens (tertiary/aromatic N) is 5. The number of para-hydroxylation sites is 1. The third-order valence-corrected chi connectivity index (χ3v) is 6.93. The largest absolute Gasteiger partial charge is 0.493 e. The van der Waals surface area contributed by atoms with Crippen molar-refractivity contribution in [3.05, 3.63) is 72.1 Å². The van der Waals surface area contributed by atoms with E-state index >= 15 is 0 Å². The number of thioether (sulfide) groups is 1. The van der Waals surface area contributed by atoms with Gasteiger partial charge in [0.1, 0.15) is 16.4 Å². The molecule has 7 nitrogen and oxygen atoms in total. The Bertz CT molecular complexity index is 1380. The van der Waals surface area contributed by atoms with E-state index in [4.69, 9.17) is 14.5 Å². The average Bonchev–Trinajstić information content (AvgIpc) is 3.51. The van der Waals surface area contributed by atoms with Gasteiger partial charge in [-0.1, -0.05) is 30.0 Å². The fourth-order valence-electron chi connectivity index (χ4n) is 3.42. The van der Waals surface area contributed by atoms with Crippen LogP contribution in [0.25, 0.3) is 27.3 Å². The van der Waals surface area contributed by atoms with Crippen LogP contribution in [0.5, 0.6) is 11.5 Å². The van der Waals surface area contributed by atoms with E-state index in [1.807, 2.05) is 66.3 Å². The zero-order valence-electron chi connectivity index (χ0n) is 18.1. The maximum atomic E-state index is 5.61. The van der Waals surface area contributed by atoms with Gasteiger partial charge in [0.15, 0.2) is 17.1 Å². The van der Waals surface area contributed by atoms with Crippen molar-refractivity contribution in [2.45, 2.75) is 17.7 Å². The second kappa shape index (κ2) is 9.60. The Kier molecular flexibility index (Phi) is 6.23. The molecule has 0 atom stereocenters. The lowest BCUT2D eigenvalue weighted by molar-refractivity contribution is 0.311. The fraction of sp³-hybridized carbons (Fsp3) is 0.167. The first kappa shape index (κ1) is 21.4. The average molecular weight is 476 g/mol. The van der Waals surface area contributed by atoms with Gasteiger partial charge in [0.2, 0.25) is 0 Å². The van der Waals surface area contributed by atoms with Gasteiger partial charge in [-0.05, 0) is 37.3 Å². The van der Waals surface area contributed by atoms with Crippen LogP contribution in [0.15, 0.2) is 71.5 Å². The molecule has 0 N–H and O–H groups in total. The van der Waals surface area contributed by atoms with Gasteiger partial charge in [-0.25, -0.2) is 19.6 Å². The molecule has 9 heteroatoms. The van der Waals surface area contributed by atoms with Crippen LogP contribution >= 0.6 is 23.1 Å². The summed E-state index contributed by atoms with van der Waals surface area (Å²) in [6.45, 7) is 2.55. The molecule has 2 aromatic carbocycles. The second-order valence-corrected chi connectivity index (χ2v) is 8.86. The Balaban J connectivity index is 1.35. The summed E-state index contributed by atoms with van der Waals surface area (Å²) in [6, 6.07) is 15.9. The highest BCUT2D eigenvalue weighted by Gasteiger charge is 2.14. The Labute approximate surface area is 199 Å². The van der Waals surface area contributed by atoms with E-state index in [2.05, 4.69) is 20.4 Å². The van der Waals surface area contributed by atoms with Gasteiger partial charge in [0, 0.05) is 16.7 Å². The first-order chi connectivity index (χ1) is 16.3. The summed E-state index contributed by atoms with van der Waals surface area (Å²) >= 11 is 3.24. The second-order valence-electron chi connectivity index (χ2n) is 7.04. The van der Waals surface area contributed by atoms with Gasteiger partial charge in [0.05, 0.1) is 36.7 Å². The quantitative estimate of drug-likeness (QED) is 0.212. The standard InChI is InChI=1S/C24H21N5O2S2/c1-3-31-20-10-9-16(11-21(20)30-2)23-28-17(13-32-23)14-33-24-19-12-27-29(22(19)25-15-26-24)18-7-5-4-6-8-18/h4-13,15H,3,14H2,1-2H3. The maximum Gasteiger partial charge on any atom is 0.167 e. The zero-order valence-corrected chi connectivity index (χ0v) is 19.8. The van der Waals surface area contributed by atoms with Gasteiger partial charge >= 0.3 is 0 Å².